The van der Waals surface area contributed by atoms with E-state index in [1.165, 1.54) is 0 Å². The van der Waals surface area contributed by atoms with E-state index in [-0.39, 0.29) is 29.7 Å². The molecule has 0 amide bonds. The maximum atomic E-state index is 11.7. The zero-order chi connectivity index (χ0) is 12.6. The van der Waals surface area contributed by atoms with Crippen molar-refractivity contribution < 1.29 is 5.11 Å². The molecule has 1 atom stereocenters. The molecule has 6 N–H and O–H groups in total. The van der Waals surface area contributed by atoms with Gasteiger partial charge in [0.1, 0.15) is 5.69 Å². The summed E-state index contributed by atoms with van der Waals surface area (Å²) < 4.78 is 0. The number of fused-ring (bicyclic) bond motifs is 1. The van der Waals surface area contributed by atoms with Gasteiger partial charge in [-0.1, -0.05) is 0 Å². The van der Waals surface area contributed by atoms with Crippen LogP contribution in [0, 0.1) is 0 Å². The average molecular weight is 239 g/mol. The predicted octanol–water partition coefficient (Wildman–Crippen LogP) is -0.281. The lowest BCUT2D eigenvalue weighted by atomic mass is 9.90. The summed E-state index contributed by atoms with van der Waals surface area (Å²) in [5, 5.41) is 15.3. The van der Waals surface area contributed by atoms with Gasteiger partial charge in [-0.05, 0) is 20.3 Å². The number of rotatable bonds is 2. The maximum Gasteiger partial charge on any atom is 0.277 e. The van der Waals surface area contributed by atoms with Gasteiger partial charge in [0.2, 0.25) is 5.95 Å². The van der Waals surface area contributed by atoms with Crippen molar-refractivity contribution in [3.8, 4) is 0 Å². The molecule has 0 spiro atoms. The van der Waals surface area contributed by atoms with Gasteiger partial charge in [0, 0.05) is 6.61 Å². The summed E-state index contributed by atoms with van der Waals surface area (Å²) in [6.07, 6.45) is 0.545. The molecule has 17 heavy (non-hydrogen) atoms. The smallest absolute Gasteiger partial charge is 0.277 e. The third-order valence-corrected chi connectivity index (χ3v) is 2.99. The number of hydrogen-bond donors (Lipinski definition) is 5. The SMILES string of the molecule is CC1(C)Nc2nc(N)[nH]c(=O)c2NC1CCO. The number of nitrogens with zero attached hydrogens (tertiary/aromatic N) is 1. The molecule has 2 rings (SSSR count). The minimum Gasteiger partial charge on any atom is -0.396 e. The summed E-state index contributed by atoms with van der Waals surface area (Å²) in [6, 6.07) is -0.0495. The van der Waals surface area contributed by atoms with Crippen molar-refractivity contribution in [1.29, 1.82) is 0 Å². The molecule has 0 aliphatic carbocycles. The Kier molecular flexibility index (Phi) is 2.70. The molecule has 0 saturated heterocycles. The number of anilines is 3. The molecule has 0 aromatic carbocycles. The fraction of sp³-hybridized carbons (Fsp3) is 0.600. The number of H-pyrrole nitrogens is 1. The fourth-order valence-electron chi connectivity index (χ4n) is 2.02. The van der Waals surface area contributed by atoms with Crippen molar-refractivity contribution in [3.63, 3.8) is 0 Å². The Balaban J connectivity index is 2.43. The minimum absolute atomic E-state index is 0.0495. The summed E-state index contributed by atoms with van der Waals surface area (Å²) in [6.45, 7) is 4.00. The number of aromatic nitrogens is 2. The minimum atomic E-state index is -0.317. The Hall–Kier alpha value is -1.76. The molecule has 1 aliphatic heterocycles. The molecule has 94 valence electrons. The molecule has 1 aliphatic rings. The summed E-state index contributed by atoms with van der Waals surface area (Å²) in [7, 11) is 0. The van der Waals surface area contributed by atoms with Crippen LogP contribution in [0.2, 0.25) is 0 Å². The molecule has 1 aromatic rings. The molecule has 2 heterocycles. The van der Waals surface area contributed by atoms with Gasteiger partial charge in [0.25, 0.3) is 5.56 Å². The largest absolute Gasteiger partial charge is 0.396 e. The van der Waals surface area contributed by atoms with E-state index >= 15 is 0 Å². The highest BCUT2D eigenvalue weighted by Crippen LogP contribution is 2.30. The molecule has 7 nitrogen and oxygen atoms in total. The monoisotopic (exact) mass is 239 g/mol. The third kappa shape index (κ3) is 2.05. The van der Waals surface area contributed by atoms with Crippen molar-refractivity contribution >= 4 is 17.5 Å². The van der Waals surface area contributed by atoms with Crippen molar-refractivity contribution in [2.75, 3.05) is 23.0 Å². The first-order valence-corrected chi connectivity index (χ1v) is 5.49. The van der Waals surface area contributed by atoms with Gasteiger partial charge in [-0.25, -0.2) is 0 Å². The van der Waals surface area contributed by atoms with Gasteiger partial charge in [-0.2, -0.15) is 4.98 Å². The number of nitrogens with two attached hydrogens (primary N) is 1. The number of nitrogens with one attached hydrogen (secondary N) is 3. The first-order valence-electron chi connectivity index (χ1n) is 5.49. The first-order chi connectivity index (χ1) is 7.94. The van der Waals surface area contributed by atoms with Crippen LogP contribution in [0.4, 0.5) is 17.5 Å². The molecule has 1 unspecified atom stereocenters. The van der Waals surface area contributed by atoms with Gasteiger partial charge in [0.15, 0.2) is 5.82 Å². The topological polar surface area (TPSA) is 116 Å². The number of hydrogen-bond acceptors (Lipinski definition) is 6. The molecular formula is C10H17N5O2. The second-order valence-electron chi connectivity index (χ2n) is 4.73. The zero-order valence-corrected chi connectivity index (χ0v) is 9.87. The van der Waals surface area contributed by atoms with E-state index in [2.05, 4.69) is 20.6 Å². The Morgan fingerprint density at radius 3 is 2.88 bits per heavy atom. The predicted molar refractivity (Wildman–Crippen MR) is 66.1 cm³/mol. The van der Waals surface area contributed by atoms with Crippen LogP contribution in [0.3, 0.4) is 0 Å². The second kappa shape index (κ2) is 3.92. The molecule has 0 fully saturated rings. The summed E-state index contributed by atoms with van der Waals surface area (Å²) in [5.41, 5.74) is 5.24. The van der Waals surface area contributed by atoms with Crippen LogP contribution in [0.15, 0.2) is 4.79 Å². The van der Waals surface area contributed by atoms with Crippen LogP contribution in [-0.2, 0) is 0 Å². The standard InChI is InChI=1S/C10H17N5O2/c1-10(2)5(3-4-16)12-6-7(15-10)13-9(11)14-8(6)17/h5,12,16H,3-4H2,1-2H3,(H4,11,13,14,15,17). The van der Waals surface area contributed by atoms with Crippen molar-refractivity contribution in [2.45, 2.75) is 31.8 Å². The van der Waals surface area contributed by atoms with E-state index in [0.29, 0.717) is 17.9 Å². The van der Waals surface area contributed by atoms with Crippen molar-refractivity contribution in [2.24, 2.45) is 0 Å². The van der Waals surface area contributed by atoms with E-state index in [0.717, 1.165) is 0 Å². The summed E-state index contributed by atoms with van der Waals surface area (Å²) in [5.74, 6) is 0.532. The van der Waals surface area contributed by atoms with E-state index in [1.807, 2.05) is 13.8 Å². The summed E-state index contributed by atoms with van der Waals surface area (Å²) in [4.78, 5) is 18.2. The average Bonchev–Trinajstić information content (AvgIpc) is 2.19. The van der Waals surface area contributed by atoms with Crippen molar-refractivity contribution in [3.05, 3.63) is 10.4 Å². The number of aromatic amines is 1. The highest BCUT2D eigenvalue weighted by molar-refractivity contribution is 5.68. The Bertz CT molecular complexity index is 482. The number of nitrogen functional groups attached to an aromatic ring is 1. The van der Waals surface area contributed by atoms with Crippen LogP contribution >= 0.6 is 0 Å². The lowest BCUT2D eigenvalue weighted by molar-refractivity contribution is 0.261. The van der Waals surface area contributed by atoms with Gasteiger partial charge in [-0.3, -0.25) is 9.78 Å². The fourth-order valence-corrected chi connectivity index (χ4v) is 2.02. The van der Waals surface area contributed by atoms with E-state index in [4.69, 9.17) is 10.8 Å². The van der Waals surface area contributed by atoms with Crippen LogP contribution < -0.4 is 21.9 Å². The number of aliphatic hydroxyl groups excluding tert-OH is 1. The van der Waals surface area contributed by atoms with E-state index in [1.54, 1.807) is 0 Å². The van der Waals surface area contributed by atoms with Crippen molar-refractivity contribution in [1.82, 2.24) is 9.97 Å². The highest BCUT2D eigenvalue weighted by Gasteiger charge is 2.35. The quantitative estimate of drug-likeness (QED) is 0.484. The normalized spacial score (nSPS) is 21.2. The van der Waals surface area contributed by atoms with Gasteiger partial charge >= 0.3 is 0 Å². The molecule has 0 bridgehead atoms. The van der Waals surface area contributed by atoms with Crippen LogP contribution in [0.1, 0.15) is 20.3 Å². The Labute approximate surface area is 98.4 Å². The number of aliphatic hydroxyl groups is 1. The molecule has 1 aromatic heterocycles. The maximum absolute atomic E-state index is 11.7. The van der Waals surface area contributed by atoms with E-state index < -0.39 is 0 Å². The Morgan fingerprint density at radius 1 is 1.53 bits per heavy atom. The zero-order valence-electron chi connectivity index (χ0n) is 9.87. The van der Waals surface area contributed by atoms with Crippen LogP contribution in [-0.4, -0.2) is 33.3 Å². The van der Waals surface area contributed by atoms with Crippen LogP contribution in [0.25, 0.3) is 0 Å². The van der Waals surface area contributed by atoms with Gasteiger partial charge in [0.05, 0.1) is 11.6 Å². The second-order valence-corrected chi connectivity index (χ2v) is 4.73. The van der Waals surface area contributed by atoms with E-state index in [9.17, 15) is 4.79 Å². The third-order valence-electron chi connectivity index (χ3n) is 2.99. The molecule has 0 radical (unpaired) electrons. The molecular weight excluding hydrogens is 222 g/mol. The van der Waals surface area contributed by atoms with Gasteiger partial charge in [-0.15, -0.1) is 0 Å². The molecule has 7 heteroatoms. The lowest BCUT2D eigenvalue weighted by Gasteiger charge is -2.41. The van der Waals surface area contributed by atoms with Gasteiger partial charge < -0.3 is 21.5 Å². The van der Waals surface area contributed by atoms with Crippen LogP contribution in [0.5, 0.6) is 0 Å². The first kappa shape index (κ1) is 11.7. The Morgan fingerprint density at radius 2 is 2.24 bits per heavy atom. The molecule has 0 saturated carbocycles. The lowest BCUT2D eigenvalue weighted by Crippen LogP contribution is -2.53. The highest BCUT2D eigenvalue weighted by atomic mass is 16.3. The summed E-state index contributed by atoms with van der Waals surface area (Å²) >= 11 is 0.